The Labute approximate surface area is 414 Å². The summed E-state index contributed by atoms with van der Waals surface area (Å²) in [6, 6.07) is 77.4. The van der Waals surface area contributed by atoms with Crippen LogP contribution in [0.15, 0.2) is 228 Å². The van der Waals surface area contributed by atoms with E-state index in [0.29, 0.717) is 23.0 Å². The van der Waals surface area contributed by atoms with Crippen LogP contribution in [0, 0.1) is 0 Å². The second-order valence-electron chi connectivity index (χ2n) is 17.1. The molecule has 4 N–H and O–H groups in total. The van der Waals surface area contributed by atoms with Gasteiger partial charge in [0.05, 0.1) is 5.69 Å². The number of aromatic hydroxyl groups is 2. The highest BCUT2D eigenvalue weighted by Gasteiger charge is 2.23. The lowest BCUT2D eigenvalue weighted by Gasteiger charge is -2.20. The van der Waals surface area contributed by atoms with Crippen LogP contribution in [0.1, 0.15) is 5.56 Å². The molecule has 0 amide bonds. The maximum absolute atomic E-state index is 12.4. The van der Waals surface area contributed by atoms with E-state index in [2.05, 4.69) is 223 Å². The predicted octanol–water partition coefficient (Wildman–Crippen LogP) is 15.0. The number of thioether (sulfide) groups is 2. The minimum atomic E-state index is -0.452. The van der Waals surface area contributed by atoms with Crippen molar-refractivity contribution in [2.45, 2.75) is 16.3 Å². The number of anilines is 3. The van der Waals surface area contributed by atoms with Crippen LogP contribution in [0.5, 0.6) is 11.5 Å². The second kappa shape index (κ2) is 20.6. The Bertz CT molecular complexity index is 3410. The number of nitrogens with one attached hydrogen (secondary N) is 2. The molecule has 0 aliphatic rings. The van der Waals surface area contributed by atoms with Gasteiger partial charge < -0.3 is 20.8 Å². The van der Waals surface area contributed by atoms with Crippen molar-refractivity contribution in [1.29, 1.82) is 0 Å². The summed E-state index contributed by atoms with van der Waals surface area (Å²) in [6.07, 6.45) is 2.19. The Balaban J connectivity index is 0.820. The molecule has 0 aliphatic carbocycles. The van der Waals surface area contributed by atoms with E-state index in [0.717, 1.165) is 73.1 Å². The van der Waals surface area contributed by atoms with E-state index in [1.807, 2.05) is 29.6 Å². The van der Waals surface area contributed by atoms with E-state index >= 15 is 0 Å². The third kappa shape index (κ3) is 9.61. The molecule has 11 rings (SSSR count). The summed E-state index contributed by atoms with van der Waals surface area (Å²) in [5.41, 5.74) is 3.22. The van der Waals surface area contributed by atoms with Gasteiger partial charge in [-0.3, -0.25) is 0 Å². The quantitative estimate of drug-likeness (QED) is 0.0240. The maximum atomic E-state index is 12.4. The highest BCUT2D eigenvalue weighted by Crippen LogP contribution is 2.50. The molecule has 0 saturated heterocycles. The molecule has 11 aromatic carbocycles. The van der Waals surface area contributed by atoms with Crippen molar-refractivity contribution in [3.63, 3.8) is 0 Å². The molecular formula is C61H50N2O2P2S2. The van der Waals surface area contributed by atoms with Gasteiger partial charge in [0.2, 0.25) is 0 Å². The second-order valence-corrected chi connectivity index (χ2v) is 24.1. The fourth-order valence-corrected chi connectivity index (χ4v) is 16.6. The molecule has 11 aromatic rings. The Morgan fingerprint density at radius 1 is 0.391 bits per heavy atom. The summed E-state index contributed by atoms with van der Waals surface area (Å²) >= 11 is 3.77. The lowest BCUT2D eigenvalue weighted by molar-refractivity contribution is 0.474. The molecule has 0 atom stereocenters. The van der Waals surface area contributed by atoms with Crippen LogP contribution in [-0.4, -0.2) is 34.0 Å². The van der Waals surface area contributed by atoms with Crippen molar-refractivity contribution in [3.8, 4) is 11.5 Å². The van der Waals surface area contributed by atoms with Gasteiger partial charge >= 0.3 is 0 Å². The SMILES string of the molecule is Oc1c(CNc2ccc(SCCP(c3ccccc3)c3ccccc3)cc2)cc2cccc3c4cccc5cc(Nc6ccc(SCCP(c7ccccc7)c7ccccc7)cc6)c(O)c(c1c23)c54. The summed E-state index contributed by atoms with van der Waals surface area (Å²) in [4.78, 5) is 2.44. The van der Waals surface area contributed by atoms with E-state index < -0.39 is 15.8 Å². The molecule has 0 fully saturated rings. The lowest BCUT2D eigenvalue weighted by atomic mass is 9.87. The highest BCUT2D eigenvalue weighted by molar-refractivity contribution is 8.00. The number of benzene rings is 11. The molecule has 0 heterocycles. The van der Waals surface area contributed by atoms with Crippen molar-refractivity contribution in [1.82, 2.24) is 0 Å². The normalized spacial score (nSPS) is 11.7. The first kappa shape index (κ1) is 45.0. The Morgan fingerprint density at radius 3 is 1.28 bits per heavy atom. The summed E-state index contributed by atoms with van der Waals surface area (Å²) in [6.45, 7) is 0.415. The molecule has 0 unspecified atom stereocenters. The minimum absolute atomic E-state index is 0.119. The number of rotatable bonds is 17. The summed E-state index contributed by atoms with van der Waals surface area (Å²) in [7, 11) is -0.888. The zero-order chi connectivity index (χ0) is 46.5. The number of hydrogen-bond acceptors (Lipinski definition) is 6. The standard InChI is InChI=1S/C61H50N2O2P2S2/c64-60-44(41-62-45-27-31-51(32-28-45)68-37-35-66(47-17-5-1-6-18-47)48-19-7-2-8-20-48)39-42-15-13-25-53-54-26-14-16-43-40-55(61(65)59(57(43)54)58(60)56(42)53)63-46-29-33-52(34-30-46)69-38-36-67(49-21-9-3-10-22-49)50-23-11-4-12-24-50/h1-34,39-40,62-65H,35-38,41H2. The third-order valence-electron chi connectivity index (χ3n) is 12.8. The van der Waals surface area contributed by atoms with Crippen LogP contribution in [-0.2, 0) is 6.54 Å². The number of phenolic OH excluding ortho intramolecular Hbond substituents is 2. The monoisotopic (exact) mass is 968 g/mol. The number of phenols is 2. The van der Waals surface area contributed by atoms with E-state index in [1.54, 1.807) is 0 Å². The molecule has 0 saturated carbocycles. The molecule has 0 radical (unpaired) electrons. The first-order valence-electron chi connectivity index (χ1n) is 23.3. The van der Waals surface area contributed by atoms with Crippen molar-refractivity contribution < 1.29 is 10.2 Å². The number of fused-ring (bicyclic) bond motifs is 2. The van der Waals surface area contributed by atoms with Crippen LogP contribution < -0.4 is 31.9 Å². The molecule has 8 heteroatoms. The zero-order valence-corrected chi connectivity index (χ0v) is 41.3. The topological polar surface area (TPSA) is 64.5 Å². The minimum Gasteiger partial charge on any atom is -0.507 e. The van der Waals surface area contributed by atoms with Gasteiger partial charge in [-0.1, -0.05) is 158 Å². The van der Waals surface area contributed by atoms with Gasteiger partial charge in [0.15, 0.2) is 0 Å². The fourth-order valence-electron chi connectivity index (χ4n) is 9.53. The first-order chi connectivity index (χ1) is 34.1. The molecule has 0 bridgehead atoms. The van der Waals surface area contributed by atoms with E-state index in [-0.39, 0.29) is 11.5 Å². The van der Waals surface area contributed by atoms with Gasteiger partial charge in [0.1, 0.15) is 11.5 Å². The lowest BCUT2D eigenvalue weighted by Crippen LogP contribution is -2.14. The van der Waals surface area contributed by atoms with Crippen LogP contribution in [0.25, 0.3) is 43.1 Å². The smallest absolute Gasteiger partial charge is 0.147 e. The van der Waals surface area contributed by atoms with Gasteiger partial charge in [-0.2, -0.15) is 0 Å². The molecule has 0 aromatic heterocycles. The molecule has 338 valence electrons. The third-order valence-corrected chi connectivity index (χ3v) is 20.5. The van der Waals surface area contributed by atoms with Gasteiger partial charge in [-0.15, -0.1) is 23.5 Å². The number of hydrogen-bond donors (Lipinski definition) is 4. The summed E-state index contributed by atoms with van der Waals surface area (Å²) in [5, 5.41) is 44.8. The fraction of sp³-hybridized carbons (Fsp3) is 0.0820. The van der Waals surface area contributed by atoms with Crippen LogP contribution in [0.4, 0.5) is 17.1 Å². The highest BCUT2D eigenvalue weighted by atomic mass is 32.2. The average Bonchev–Trinajstić information content (AvgIpc) is 3.40. The van der Waals surface area contributed by atoms with Crippen molar-refractivity contribution in [2.75, 3.05) is 34.5 Å². The van der Waals surface area contributed by atoms with Gasteiger partial charge in [-0.05, 0) is 132 Å². The van der Waals surface area contributed by atoms with Crippen LogP contribution >= 0.6 is 39.4 Å². The Morgan fingerprint density at radius 2 is 0.812 bits per heavy atom. The zero-order valence-electron chi connectivity index (χ0n) is 37.9. The first-order valence-corrected chi connectivity index (χ1v) is 28.4. The van der Waals surface area contributed by atoms with E-state index in [9.17, 15) is 10.2 Å². The molecular weight excluding hydrogens is 919 g/mol. The predicted molar refractivity (Wildman–Crippen MR) is 304 cm³/mol. The molecule has 69 heavy (non-hydrogen) atoms. The average molecular weight is 969 g/mol. The van der Waals surface area contributed by atoms with E-state index in [4.69, 9.17) is 0 Å². The van der Waals surface area contributed by atoms with Gasteiger partial charge in [0.25, 0.3) is 0 Å². The Kier molecular flexibility index (Phi) is 13.4. The molecule has 0 spiro atoms. The maximum Gasteiger partial charge on any atom is 0.147 e. The summed E-state index contributed by atoms with van der Waals surface area (Å²) in [5.74, 6) is 2.32. The van der Waals surface area contributed by atoms with Gasteiger partial charge in [-0.25, -0.2) is 0 Å². The summed E-state index contributed by atoms with van der Waals surface area (Å²) < 4.78 is 0. The van der Waals surface area contributed by atoms with Crippen LogP contribution in [0.2, 0.25) is 0 Å². The molecule has 4 nitrogen and oxygen atoms in total. The van der Waals surface area contributed by atoms with Crippen molar-refractivity contribution in [3.05, 3.63) is 224 Å². The van der Waals surface area contributed by atoms with Crippen molar-refractivity contribution in [2.24, 2.45) is 0 Å². The van der Waals surface area contributed by atoms with Gasteiger partial charge in [0, 0.05) is 66.3 Å². The Hall–Kier alpha value is -6.52. The largest absolute Gasteiger partial charge is 0.507 e. The van der Waals surface area contributed by atoms with Crippen molar-refractivity contribution >= 4 is 121 Å². The van der Waals surface area contributed by atoms with Crippen LogP contribution in [0.3, 0.4) is 0 Å². The van der Waals surface area contributed by atoms with E-state index in [1.165, 1.54) is 31.0 Å². The molecule has 0 aliphatic heterocycles.